The van der Waals surface area contributed by atoms with Crippen LogP contribution in [-0.4, -0.2) is 9.49 Å². The quantitative estimate of drug-likeness (QED) is 0.400. The van der Waals surface area contributed by atoms with Crippen molar-refractivity contribution in [2.45, 2.75) is 6.54 Å². The molecule has 0 fully saturated rings. The normalized spacial score (nSPS) is 11.4. The molecule has 4 rings (SSSR count). The van der Waals surface area contributed by atoms with Crippen LogP contribution in [0.1, 0.15) is 4.88 Å². The molecule has 8 heteroatoms. The van der Waals surface area contributed by atoms with Gasteiger partial charge in [-0.15, -0.1) is 11.3 Å². The SMILES string of the molecule is O=c1oc2ccc([N+](=O)[O-])cc2n1Cc1sc2ccccc2c1Cl. The van der Waals surface area contributed by atoms with Crippen LogP contribution in [0.2, 0.25) is 5.02 Å². The number of fused-ring (bicyclic) bond motifs is 2. The molecule has 0 saturated heterocycles. The summed E-state index contributed by atoms with van der Waals surface area (Å²) < 4.78 is 7.54. The summed E-state index contributed by atoms with van der Waals surface area (Å²) in [7, 11) is 0. The van der Waals surface area contributed by atoms with Gasteiger partial charge in [0.25, 0.3) is 5.69 Å². The highest BCUT2D eigenvalue weighted by atomic mass is 35.5. The summed E-state index contributed by atoms with van der Waals surface area (Å²) in [6.07, 6.45) is 0. The Morgan fingerprint density at radius 2 is 2.04 bits per heavy atom. The number of hydrogen-bond donors (Lipinski definition) is 0. The van der Waals surface area contributed by atoms with Crippen molar-refractivity contribution in [3.05, 3.63) is 73.0 Å². The van der Waals surface area contributed by atoms with Crippen molar-refractivity contribution in [1.29, 1.82) is 0 Å². The number of hydrogen-bond acceptors (Lipinski definition) is 5. The highest BCUT2D eigenvalue weighted by molar-refractivity contribution is 7.19. The van der Waals surface area contributed by atoms with E-state index in [2.05, 4.69) is 0 Å². The minimum absolute atomic E-state index is 0.0977. The monoisotopic (exact) mass is 360 g/mol. The van der Waals surface area contributed by atoms with Crippen molar-refractivity contribution in [2.24, 2.45) is 0 Å². The summed E-state index contributed by atoms with van der Waals surface area (Å²) >= 11 is 7.90. The first-order valence-corrected chi connectivity index (χ1v) is 8.18. The highest BCUT2D eigenvalue weighted by Crippen LogP contribution is 2.36. The van der Waals surface area contributed by atoms with E-state index in [0.29, 0.717) is 16.1 Å². The second kappa shape index (κ2) is 5.47. The zero-order chi connectivity index (χ0) is 16.8. The lowest BCUT2D eigenvalue weighted by Gasteiger charge is -2.00. The zero-order valence-corrected chi connectivity index (χ0v) is 13.6. The molecule has 120 valence electrons. The first-order chi connectivity index (χ1) is 11.5. The maximum absolute atomic E-state index is 12.1. The van der Waals surface area contributed by atoms with Gasteiger partial charge in [-0.2, -0.15) is 0 Å². The number of oxazole rings is 1. The average molecular weight is 361 g/mol. The van der Waals surface area contributed by atoms with E-state index in [9.17, 15) is 14.9 Å². The van der Waals surface area contributed by atoms with Crippen LogP contribution in [0.4, 0.5) is 5.69 Å². The molecule has 2 aromatic heterocycles. The third kappa shape index (κ3) is 2.29. The van der Waals surface area contributed by atoms with Gasteiger partial charge in [0, 0.05) is 27.1 Å². The molecule has 0 radical (unpaired) electrons. The summed E-state index contributed by atoms with van der Waals surface area (Å²) in [5, 5.41) is 12.5. The first-order valence-electron chi connectivity index (χ1n) is 6.98. The fraction of sp³-hybridized carbons (Fsp3) is 0.0625. The van der Waals surface area contributed by atoms with E-state index < -0.39 is 10.7 Å². The predicted molar refractivity (Wildman–Crippen MR) is 93.1 cm³/mol. The Labute approximate surface area is 143 Å². The van der Waals surface area contributed by atoms with E-state index in [-0.39, 0.29) is 12.2 Å². The van der Waals surface area contributed by atoms with Gasteiger partial charge >= 0.3 is 5.76 Å². The smallest absolute Gasteiger partial charge is 0.408 e. The van der Waals surface area contributed by atoms with Crippen LogP contribution < -0.4 is 5.76 Å². The maximum atomic E-state index is 12.1. The second-order valence-corrected chi connectivity index (χ2v) is 6.71. The lowest BCUT2D eigenvalue weighted by Crippen LogP contribution is -2.14. The van der Waals surface area contributed by atoms with Gasteiger partial charge in [0.1, 0.15) is 0 Å². The first kappa shape index (κ1) is 14.9. The van der Waals surface area contributed by atoms with E-state index in [1.165, 1.54) is 34.1 Å². The lowest BCUT2D eigenvalue weighted by molar-refractivity contribution is -0.384. The maximum Gasteiger partial charge on any atom is 0.420 e. The van der Waals surface area contributed by atoms with Crippen molar-refractivity contribution in [2.75, 3.05) is 0 Å². The van der Waals surface area contributed by atoms with E-state index in [1.807, 2.05) is 24.3 Å². The van der Waals surface area contributed by atoms with Crippen molar-refractivity contribution in [3.8, 4) is 0 Å². The van der Waals surface area contributed by atoms with Gasteiger partial charge in [-0.25, -0.2) is 4.79 Å². The molecule has 2 heterocycles. The Morgan fingerprint density at radius 3 is 2.79 bits per heavy atom. The van der Waals surface area contributed by atoms with Crippen molar-refractivity contribution in [3.63, 3.8) is 0 Å². The van der Waals surface area contributed by atoms with Gasteiger partial charge < -0.3 is 4.42 Å². The number of aromatic nitrogens is 1. The van der Waals surface area contributed by atoms with Crippen LogP contribution >= 0.6 is 22.9 Å². The summed E-state index contributed by atoms with van der Waals surface area (Å²) in [6.45, 7) is 0.200. The molecule has 6 nitrogen and oxygen atoms in total. The summed E-state index contributed by atoms with van der Waals surface area (Å²) in [6, 6.07) is 11.8. The number of halogens is 1. The van der Waals surface area contributed by atoms with Gasteiger partial charge in [0.05, 0.1) is 22.0 Å². The third-order valence-electron chi connectivity index (χ3n) is 3.77. The molecule has 4 aromatic rings. The Balaban J connectivity index is 1.87. The van der Waals surface area contributed by atoms with Gasteiger partial charge in [-0.3, -0.25) is 14.7 Å². The molecule has 0 amide bonds. The molecule has 0 spiro atoms. The predicted octanol–water partition coefficient (Wildman–Crippen LogP) is 4.42. The molecule has 0 N–H and O–H groups in total. The number of nitrogens with zero attached hydrogens (tertiary/aromatic N) is 2. The Bertz CT molecular complexity index is 1160. The topological polar surface area (TPSA) is 78.3 Å². The van der Waals surface area contributed by atoms with Crippen LogP contribution in [0.25, 0.3) is 21.2 Å². The molecule has 24 heavy (non-hydrogen) atoms. The number of nitro benzene ring substituents is 1. The molecule has 0 aliphatic rings. The van der Waals surface area contributed by atoms with E-state index in [4.69, 9.17) is 16.0 Å². The van der Waals surface area contributed by atoms with Crippen LogP contribution in [-0.2, 0) is 6.54 Å². The van der Waals surface area contributed by atoms with Crippen molar-refractivity contribution >= 4 is 49.8 Å². The lowest BCUT2D eigenvalue weighted by atomic mass is 10.2. The van der Waals surface area contributed by atoms with Crippen LogP contribution in [0.15, 0.2) is 51.7 Å². The van der Waals surface area contributed by atoms with Gasteiger partial charge in [-0.1, -0.05) is 29.8 Å². The number of non-ortho nitro benzene ring substituents is 1. The summed E-state index contributed by atoms with van der Waals surface area (Å²) in [5.74, 6) is -0.570. The minimum atomic E-state index is -0.570. The largest absolute Gasteiger partial charge is 0.420 e. The molecule has 0 unspecified atom stereocenters. The van der Waals surface area contributed by atoms with E-state index in [1.54, 1.807) is 0 Å². The molecule has 0 atom stereocenters. The van der Waals surface area contributed by atoms with E-state index >= 15 is 0 Å². The zero-order valence-electron chi connectivity index (χ0n) is 12.1. The molecule has 0 saturated carbocycles. The summed E-state index contributed by atoms with van der Waals surface area (Å²) in [5.41, 5.74) is 0.588. The Morgan fingerprint density at radius 1 is 1.25 bits per heavy atom. The number of nitro groups is 1. The number of thiophene rings is 1. The van der Waals surface area contributed by atoms with Crippen LogP contribution in [0, 0.1) is 10.1 Å². The molecule has 0 aliphatic heterocycles. The van der Waals surface area contributed by atoms with Gasteiger partial charge in [0.15, 0.2) is 5.58 Å². The summed E-state index contributed by atoms with van der Waals surface area (Å²) in [4.78, 5) is 23.4. The Kier molecular flexibility index (Phi) is 3.40. The highest BCUT2D eigenvalue weighted by Gasteiger charge is 2.17. The standard InChI is InChI=1S/C16H9ClN2O4S/c17-15-10-3-1-2-4-13(10)24-14(15)8-18-11-7-9(19(21)22)5-6-12(11)23-16(18)20/h1-7H,8H2. The van der Waals surface area contributed by atoms with Crippen molar-refractivity contribution < 1.29 is 9.34 Å². The van der Waals surface area contributed by atoms with Gasteiger partial charge in [-0.05, 0) is 12.1 Å². The molecule has 0 aliphatic carbocycles. The molecule has 2 aromatic carbocycles. The Hall–Kier alpha value is -2.64. The number of benzene rings is 2. The fourth-order valence-corrected chi connectivity index (χ4v) is 4.11. The molecular formula is C16H9ClN2O4S. The van der Waals surface area contributed by atoms with Crippen molar-refractivity contribution in [1.82, 2.24) is 4.57 Å². The van der Waals surface area contributed by atoms with Crippen LogP contribution in [0.3, 0.4) is 0 Å². The molecule has 0 bridgehead atoms. The minimum Gasteiger partial charge on any atom is -0.408 e. The second-order valence-electron chi connectivity index (χ2n) is 5.20. The van der Waals surface area contributed by atoms with Gasteiger partial charge in [0.2, 0.25) is 0 Å². The fourth-order valence-electron chi connectivity index (χ4n) is 2.62. The third-order valence-corrected chi connectivity index (χ3v) is 5.46. The average Bonchev–Trinajstić information content (AvgIpc) is 3.05. The number of rotatable bonds is 3. The van der Waals surface area contributed by atoms with Crippen LogP contribution in [0.5, 0.6) is 0 Å². The van der Waals surface area contributed by atoms with E-state index in [0.717, 1.165) is 15.0 Å². The molecular weight excluding hydrogens is 352 g/mol.